The molecule has 5 rings (SSSR count). The summed E-state index contributed by atoms with van der Waals surface area (Å²) in [5.74, 6) is 0.410. The van der Waals surface area contributed by atoms with Gasteiger partial charge in [-0.25, -0.2) is 0 Å². The highest BCUT2D eigenvalue weighted by Gasteiger charge is 2.47. The molecular formula is C28H31F3N4O2. The van der Waals surface area contributed by atoms with Crippen molar-refractivity contribution in [1.82, 2.24) is 15.2 Å². The minimum Gasteiger partial charge on any atom is -0.492 e. The van der Waals surface area contributed by atoms with Crippen molar-refractivity contribution in [2.75, 3.05) is 32.1 Å². The topological polar surface area (TPSA) is 66.5 Å². The Morgan fingerprint density at radius 2 is 1.95 bits per heavy atom. The van der Waals surface area contributed by atoms with Gasteiger partial charge in [0.15, 0.2) is 0 Å². The van der Waals surface area contributed by atoms with Crippen LogP contribution in [-0.2, 0) is 5.54 Å². The number of anilines is 1. The third-order valence-electron chi connectivity index (χ3n) is 7.39. The number of likely N-dealkylation sites (tertiary alicyclic amines) is 1. The molecular weight excluding hydrogens is 481 g/mol. The SMILES string of the molecule is Cc1ccc2c(C3(NC(=O)c4cc(OCC5CCN5C)ccc4C)CC3)cc(NCC(F)(F)F)cc2n1. The van der Waals surface area contributed by atoms with E-state index in [9.17, 15) is 18.0 Å². The van der Waals surface area contributed by atoms with Crippen LogP contribution in [-0.4, -0.2) is 54.8 Å². The van der Waals surface area contributed by atoms with Crippen molar-refractivity contribution in [2.24, 2.45) is 0 Å². The van der Waals surface area contributed by atoms with E-state index >= 15 is 0 Å². The van der Waals surface area contributed by atoms with Crippen molar-refractivity contribution >= 4 is 22.5 Å². The first-order valence-corrected chi connectivity index (χ1v) is 12.5. The Kier molecular flexibility index (Phi) is 6.52. The van der Waals surface area contributed by atoms with E-state index in [4.69, 9.17) is 4.74 Å². The molecule has 2 aromatic carbocycles. The first-order chi connectivity index (χ1) is 17.5. The molecule has 1 atom stereocenters. The van der Waals surface area contributed by atoms with Gasteiger partial charge in [0.2, 0.25) is 0 Å². The summed E-state index contributed by atoms with van der Waals surface area (Å²) in [7, 11) is 2.06. The number of nitrogens with zero attached hydrogens (tertiary/aromatic N) is 2. The van der Waals surface area contributed by atoms with Gasteiger partial charge < -0.3 is 15.4 Å². The van der Waals surface area contributed by atoms with Crippen LogP contribution in [0.5, 0.6) is 5.75 Å². The molecule has 37 heavy (non-hydrogen) atoms. The smallest absolute Gasteiger partial charge is 0.405 e. The van der Waals surface area contributed by atoms with Gasteiger partial charge in [0.1, 0.15) is 18.9 Å². The van der Waals surface area contributed by atoms with E-state index in [2.05, 4.69) is 27.6 Å². The highest BCUT2D eigenvalue weighted by atomic mass is 19.4. The van der Waals surface area contributed by atoms with Crippen LogP contribution in [0.1, 0.15) is 46.4 Å². The zero-order valence-electron chi connectivity index (χ0n) is 21.2. The van der Waals surface area contributed by atoms with Crippen molar-refractivity contribution in [3.8, 4) is 5.75 Å². The van der Waals surface area contributed by atoms with Crippen molar-refractivity contribution in [3.05, 3.63) is 64.8 Å². The van der Waals surface area contributed by atoms with E-state index in [0.29, 0.717) is 48.0 Å². The molecule has 0 bridgehead atoms. The highest BCUT2D eigenvalue weighted by molar-refractivity contribution is 5.97. The number of rotatable bonds is 8. The number of halogens is 3. The quantitative estimate of drug-likeness (QED) is 0.427. The van der Waals surface area contributed by atoms with Crippen LogP contribution < -0.4 is 15.4 Å². The lowest BCUT2D eigenvalue weighted by Crippen LogP contribution is -2.48. The molecule has 2 aliphatic rings. The Hall–Kier alpha value is -3.33. The number of aromatic nitrogens is 1. The van der Waals surface area contributed by atoms with Gasteiger partial charge in [0, 0.05) is 28.4 Å². The number of benzene rings is 2. The van der Waals surface area contributed by atoms with E-state index in [1.807, 2.05) is 38.1 Å². The minimum atomic E-state index is -4.35. The molecule has 1 saturated carbocycles. The van der Waals surface area contributed by atoms with Crippen LogP contribution in [0.25, 0.3) is 10.9 Å². The van der Waals surface area contributed by atoms with Crippen LogP contribution in [0.2, 0.25) is 0 Å². The normalized spacial score (nSPS) is 18.8. The fourth-order valence-electron chi connectivity index (χ4n) is 4.82. The maximum atomic E-state index is 13.5. The molecule has 1 aliphatic heterocycles. The predicted octanol–water partition coefficient (Wildman–Crippen LogP) is 5.33. The predicted molar refractivity (Wildman–Crippen MR) is 137 cm³/mol. The molecule has 1 aromatic heterocycles. The molecule has 1 aliphatic carbocycles. The lowest BCUT2D eigenvalue weighted by molar-refractivity contribution is -0.115. The van der Waals surface area contributed by atoms with Gasteiger partial charge in [0.05, 0.1) is 11.1 Å². The van der Waals surface area contributed by atoms with E-state index in [1.54, 1.807) is 18.2 Å². The molecule has 196 valence electrons. The Morgan fingerprint density at radius 1 is 1.16 bits per heavy atom. The second-order valence-corrected chi connectivity index (χ2v) is 10.3. The molecule has 6 nitrogen and oxygen atoms in total. The molecule has 0 spiro atoms. The molecule has 9 heteroatoms. The highest BCUT2D eigenvalue weighted by Crippen LogP contribution is 2.49. The number of fused-ring (bicyclic) bond motifs is 1. The Morgan fingerprint density at radius 3 is 2.59 bits per heavy atom. The average molecular weight is 513 g/mol. The van der Waals surface area contributed by atoms with Crippen LogP contribution in [0.15, 0.2) is 42.5 Å². The number of likely N-dealkylation sites (N-methyl/N-ethyl adjacent to an activating group) is 1. The fraction of sp³-hybridized carbons (Fsp3) is 0.429. The molecule has 1 unspecified atom stereocenters. The van der Waals surface area contributed by atoms with Gasteiger partial charge in [-0.1, -0.05) is 12.1 Å². The van der Waals surface area contributed by atoms with E-state index in [0.717, 1.165) is 35.2 Å². The standard InChI is InChI=1S/C28H31F3N4O2/c1-17-4-6-21(37-15-20-8-11-35(20)3)14-23(17)26(36)34-27(9-10-27)24-12-19(32-16-28(29,30)31)13-25-22(24)7-5-18(2)33-25/h4-7,12-14,20,32H,8-11,15-16H2,1-3H3,(H,34,36). The number of ether oxygens (including phenoxy) is 1. The molecule has 1 saturated heterocycles. The number of alkyl halides is 3. The Labute approximate surface area is 214 Å². The molecule has 2 fully saturated rings. The summed E-state index contributed by atoms with van der Waals surface area (Å²) in [4.78, 5) is 20.3. The van der Waals surface area contributed by atoms with Crippen molar-refractivity contribution in [2.45, 2.75) is 50.9 Å². The lowest BCUT2D eigenvalue weighted by Gasteiger charge is -2.37. The first kappa shape index (κ1) is 25.3. The molecule has 2 heterocycles. The second-order valence-electron chi connectivity index (χ2n) is 10.3. The summed E-state index contributed by atoms with van der Waals surface area (Å²) in [6.45, 7) is 4.20. The zero-order valence-corrected chi connectivity index (χ0v) is 21.2. The summed E-state index contributed by atoms with van der Waals surface area (Å²) in [5.41, 5.74) is 3.13. The summed E-state index contributed by atoms with van der Waals surface area (Å²) in [5, 5.41) is 6.48. The van der Waals surface area contributed by atoms with Crippen molar-refractivity contribution < 1.29 is 22.7 Å². The van der Waals surface area contributed by atoms with Gasteiger partial charge in [0.25, 0.3) is 5.91 Å². The van der Waals surface area contributed by atoms with Gasteiger partial charge >= 0.3 is 6.18 Å². The summed E-state index contributed by atoms with van der Waals surface area (Å²) in [6, 6.07) is 13.0. The monoisotopic (exact) mass is 512 g/mol. The molecule has 3 aromatic rings. The van der Waals surface area contributed by atoms with E-state index in [-0.39, 0.29) is 5.91 Å². The Bertz CT molecular complexity index is 1340. The number of carbonyl (C=O) groups excluding carboxylic acids is 1. The number of nitrogens with one attached hydrogen (secondary N) is 2. The number of pyridine rings is 1. The van der Waals surface area contributed by atoms with Crippen LogP contribution in [0.4, 0.5) is 18.9 Å². The maximum absolute atomic E-state index is 13.5. The van der Waals surface area contributed by atoms with E-state index < -0.39 is 18.3 Å². The number of amides is 1. The number of hydrogen-bond acceptors (Lipinski definition) is 5. The number of hydrogen-bond donors (Lipinski definition) is 2. The zero-order chi connectivity index (χ0) is 26.4. The Balaban J connectivity index is 1.41. The van der Waals surface area contributed by atoms with Gasteiger partial charge in [-0.2, -0.15) is 13.2 Å². The van der Waals surface area contributed by atoms with Crippen molar-refractivity contribution in [1.29, 1.82) is 0 Å². The summed E-state index contributed by atoms with van der Waals surface area (Å²) >= 11 is 0. The largest absolute Gasteiger partial charge is 0.492 e. The molecule has 1 amide bonds. The first-order valence-electron chi connectivity index (χ1n) is 12.5. The third kappa shape index (κ3) is 5.51. The van der Waals surface area contributed by atoms with Gasteiger partial charge in [-0.3, -0.25) is 14.7 Å². The summed E-state index contributed by atoms with van der Waals surface area (Å²) < 4.78 is 44.6. The number of carbonyl (C=O) groups is 1. The average Bonchev–Trinajstić information content (AvgIpc) is 3.61. The van der Waals surface area contributed by atoms with Gasteiger partial charge in [-0.15, -0.1) is 0 Å². The number of aryl methyl sites for hydroxylation is 2. The fourth-order valence-corrected chi connectivity index (χ4v) is 4.82. The molecule has 2 N–H and O–H groups in total. The maximum Gasteiger partial charge on any atom is 0.405 e. The third-order valence-corrected chi connectivity index (χ3v) is 7.39. The van der Waals surface area contributed by atoms with Crippen molar-refractivity contribution in [3.63, 3.8) is 0 Å². The van der Waals surface area contributed by atoms with Crippen LogP contribution >= 0.6 is 0 Å². The van der Waals surface area contributed by atoms with Crippen LogP contribution in [0.3, 0.4) is 0 Å². The van der Waals surface area contributed by atoms with Gasteiger partial charge in [-0.05, 0) is 88.2 Å². The molecule has 0 radical (unpaired) electrons. The van der Waals surface area contributed by atoms with Crippen LogP contribution in [0, 0.1) is 13.8 Å². The van der Waals surface area contributed by atoms with E-state index in [1.165, 1.54) is 0 Å². The lowest BCUT2D eigenvalue weighted by atomic mass is 9.97. The minimum absolute atomic E-state index is 0.233. The summed E-state index contributed by atoms with van der Waals surface area (Å²) in [6.07, 6.45) is -1.88. The second kappa shape index (κ2) is 9.52.